The maximum Gasteiger partial charge on any atom is 0.160 e. The second kappa shape index (κ2) is 11.0. The predicted octanol–water partition coefficient (Wildman–Crippen LogP) is 4.27. The molecule has 156 valence electrons. The van der Waals surface area contributed by atoms with Crippen LogP contribution in [0.1, 0.15) is 23.1 Å². The maximum atomic E-state index is 6.27. The molecule has 4 rings (SSSR count). The van der Waals surface area contributed by atoms with Crippen molar-refractivity contribution in [1.82, 2.24) is 10.6 Å². The molecule has 2 N–H and O–H groups in total. The molecule has 3 aromatic carbocycles. The van der Waals surface area contributed by atoms with E-state index in [9.17, 15) is 0 Å². The number of hydrogen-bond donors (Lipinski definition) is 2. The van der Waals surface area contributed by atoms with Crippen LogP contribution < -0.4 is 10.6 Å². The Bertz CT molecular complexity index is 858. The first kappa shape index (κ1) is 20.8. The lowest BCUT2D eigenvalue weighted by molar-refractivity contribution is -0.140. The second-order valence-corrected chi connectivity index (χ2v) is 7.73. The van der Waals surface area contributed by atoms with Crippen molar-refractivity contribution < 1.29 is 9.47 Å². The van der Waals surface area contributed by atoms with Crippen molar-refractivity contribution in [2.75, 3.05) is 6.54 Å². The van der Waals surface area contributed by atoms with Crippen LogP contribution in [0.4, 0.5) is 0 Å². The first-order valence-corrected chi connectivity index (χ1v) is 10.7. The highest BCUT2D eigenvalue weighted by Gasteiger charge is 2.35. The average Bonchev–Trinajstić information content (AvgIpc) is 3.20. The highest BCUT2D eigenvalue weighted by atomic mass is 16.7. The summed E-state index contributed by atoms with van der Waals surface area (Å²) >= 11 is 0. The predicted molar refractivity (Wildman–Crippen MR) is 120 cm³/mol. The standard InChI is InChI=1S/C26H30N2O2/c1-4-10-21(11-5-1)17-27-19-25-24(28-18-22-12-6-2-7-13-22)16-26(30-25)29-20-23-14-8-3-9-15-23/h1-15,24-28H,16-20H2/t24-,25-,26-/m1/s1. The molecule has 0 bridgehead atoms. The van der Waals surface area contributed by atoms with Gasteiger partial charge < -0.3 is 20.1 Å². The summed E-state index contributed by atoms with van der Waals surface area (Å²) in [5.41, 5.74) is 3.73. The minimum Gasteiger partial charge on any atom is -0.348 e. The fourth-order valence-electron chi connectivity index (χ4n) is 3.78. The highest BCUT2D eigenvalue weighted by molar-refractivity contribution is 5.16. The number of hydrogen-bond acceptors (Lipinski definition) is 4. The minimum absolute atomic E-state index is 0.0678. The van der Waals surface area contributed by atoms with Gasteiger partial charge in [0.05, 0.1) is 12.7 Å². The van der Waals surface area contributed by atoms with Crippen molar-refractivity contribution in [3.8, 4) is 0 Å². The summed E-state index contributed by atoms with van der Waals surface area (Å²) in [4.78, 5) is 0. The lowest BCUT2D eigenvalue weighted by Crippen LogP contribution is -2.41. The van der Waals surface area contributed by atoms with Gasteiger partial charge in [-0.1, -0.05) is 91.0 Å². The van der Waals surface area contributed by atoms with E-state index in [-0.39, 0.29) is 18.4 Å². The molecule has 30 heavy (non-hydrogen) atoms. The van der Waals surface area contributed by atoms with Crippen molar-refractivity contribution >= 4 is 0 Å². The Balaban J connectivity index is 1.31. The fourth-order valence-corrected chi connectivity index (χ4v) is 3.78. The van der Waals surface area contributed by atoms with E-state index >= 15 is 0 Å². The van der Waals surface area contributed by atoms with Crippen LogP contribution in [-0.4, -0.2) is 25.0 Å². The Labute approximate surface area is 179 Å². The fraction of sp³-hybridized carbons (Fsp3) is 0.308. The van der Waals surface area contributed by atoms with E-state index in [4.69, 9.17) is 9.47 Å². The van der Waals surface area contributed by atoms with Crippen LogP contribution in [-0.2, 0) is 29.2 Å². The molecule has 4 nitrogen and oxygen atoms in total. The summed E-state index contributed by atoms with van der Waals surface area (Å²) in [6, 6.07) is 31.5. The number of ether oxygens (including phenoxy) is 2. The molecule has 3 atom stereocenters. The summed E-state index contributed by atoms with van der Waals surface area (Å²) in [6.07, 6.45) is 0.720. The summed E-state index contributed by atoms with van der Waals surface area (Å²) in [5, 5.41) is 7.23. The second-order valence-electron chi connectivity index (χ2n) is 7.73. The lowest BCUT2D eigenvalue weighted by atomic mass is 10.1. The van der Waals surface area contributed by atoms with Crippen molar-refractivity contribution in [3.05, 3.63) is 108 Å². The lowest BCUT2D eigenvalue weighted by Gasteiger charge is -2.20. The van der Waals surface area contributed by atoms with E-state index in [2.05, 4.69) is 71.3 Å². The monoisotopic (exact) mass is 402 g/mol. The third kappa shape index (κ3) is 6.25. The summed E-state index contributed by atoms with van der Waals surface area (Å²) in [5.74, 6) is 0. The normalized spacial score (nSPS) is 21.0. The van der Waals surface area contributed by atoms with Gasteiger partial charge in [0.25, 0.3) is 0 Å². The van der Waals surface area contributed by atoms with E-state index in [0.29, 0.717) is 6.61 Å². The zero-order valence-electron chi connectivity index (χ0n) is 17.2. The molecule has 1 heterocycles. The largest absolute Gasteiger partial charge is 0.348 e. The number of benzene rings is 3. The van der Waals surface area contributed by atoms with E-state index in [0.717, 1.165) is 26.1 Å². The molecule has 1 aliphatic rings. The van der Waals surface area contributed by atoms with E-state index in [1.165, 1.54) is 16.7 Å². The molecule has 1 aliphatic heterocycles. The Hall–Kier alpha value is -2.50. The molecule has 0 aliphatic carbocycles. The quantitative estimate of drug-likeness (QED) is 0.532. The van der Waals surface area contributed by atoms with Crippen LogP contribution in [0.25, 0.3) is 0 Å². The first-order valence-electron chi connectivity index (χ1n) is 10.7. The molecular weight excluding hydrogens is 372 g/mol. The molecule has 1 saturated heterocycles. The summed E-state index contributed by atoms with van der Waals surface area (Å²) in [6.45, 7) is 3.02. The maximum absolute atomic E-state index is 6.27. The van der Waals surface area contributed by atoms with Gasteiger partial charge in [-0.15, -0.1) is 0 Å². The van der Waals surface area contributed by atoms with Gasteiger partial charge in [-0.3, -0.25) is 0 Å². The Morgan fingerprint density at radius 1 is 0.733 bits per heavy atom. The molecule has 4 heteroatoms. The Morgan fingerprint density at radius 2 is 1.30 bits per heavy atom. The van der Waals surface area contributed by atoms with Gasteiger partial charge in [-0.2, -0.15) is 0 Å². The van der Waals surface area contributed by atoms with Gasteiger partial charge in [0, 0.05) is 32.1 Å². The van der Waals surface area contributed by atoms with Gasteiger partial charge in [-0.05, 0) is 16.7 Å². The first-order chi connectivity index (χ1) is 14.9. The Morgan fingerprint density at radius 3 is 1.93 bits per heavy atom. The molecule has 0 spiro atoms. The van der Waals surface area contributed by atoms with Gasteiger partial charge >= 0.3 is 0 Å². The van der Waals surface area contributed by atoms with Crippen LogP contribution in [0.2, 0.25) is 0 Å². The van der Waals surface area contributed by atoms with Crippen molar-refractivity contribution in [1.29, 1.82) is 0 Å². The zero-order valence-corrected chi connectivity index (χ0v) is 17.2. The third-order valence-electron chi connectivity index (χ3n) is 5.43. The highest BCUT2D eigenvalue weighted by Crippen LogP contribution is 2.23. The molecule has 3 aromatic rings. The van der Waals surface area contributed by atoms with Gasteiger partial charge in [-0.25, -0.2) is 0 Å². The summed E-state index contributed by atoms with van der Waals surface area (Å²) < 4.78 is 12.4. The van der Waals surface area contributed by atoms with Crippen LogP contribution >= 0.6 is 0 Å². The zero-order chi connectivity index (χ0) is 20.4. The van der Waals surface area contributed by atoms with Crippen LogP contribution in [0.5, 0.6) is 0 Å². The summed E-state index contributed by atoms with van der Waals surface area (Å²) in [7, 11) is 0. The Kier molecular flexibility index (Phi) is 7.64. The average molecular weight is 403 g/mol. The molecule has 1 fully saturated rings. The van der Waals surface area contributed by atoms with Gasteiger partial charge in [0.15, 0.2) is 6.29 Å². The van der Waals surface area contributed by atoms with Crippen LogP contribution in [0.15, 0.2) is 91.0 Å². The molecule has 0 aromatic heterocycles. The minimum atomic E-state index is -0.193. The molecule has 0 radical (unpaired) electrons. The van der Waals surface area contributed by atoms with Crippen molar-refractivity contribution in [2.45, 2.75) is 44.6 Å². The van der Waals surface area contributed by atoms with E-state index < -0.39 is 0 Å². The van der Waals surface area contributed by atoms with Gasteiger partial charge in [0.2, 0.25) is 0 Å². The van der Waals surface area contributed by atoms with Crippen LogP contribution in [0.3, 0.4) is 0 Å². The number of rotatable bonds is 10. The van der Waals surface area contributed by atoms with E-state index in [1.807, 2.05) is 30.3 Å². The SMILES string of the molecule is c1ccc(CNC[C@H]2O[C@@H](OCc3ccccc3)C[C@H]2NCc2ccccc2)cc1. The number of nitrogens with one attached hydrogen (secondary N) is 2. The van der Waals surface area contributed by atoms with E-state index in [1.54, 1.807) is 0 Å². The smallest absolute Gasteiger partial charge is 0.160 e. The van der Waals surface area contributed by atoms with Gasteiger partial charge in [0.1, 0.15) is 0 Å². The van der Waals surface area contributed by atoms with Crippen LogP contribution in [0, 0.1) is 0 Å². The molecule has 0 saturated carbocycles. The third-order valence-corrected chi connectivity index (χ3v) is 5.43. The topological polar surface area (TPSA) is 42.5 Å². The molecule has 0 unspecified atom stereocenters. The van der Waals surface area contributed by atoms with Crippen molar-refractivity contribution in [2.24, 2.45) is 0 Å². The molecule has 0 amide bonds. The molecular formula is C26H30N2O2. The van der Waals surface area contributed by atoms with Crippen molar-refractivity contribution in [3.63, 3.8) is 0 Å².